The van der Waals surface area contributed by atoms with Crippen molar-refractivity contribution in [3.8, 4) is 22.6 Å². The molecule has 0 radical (unpaired) electrons. The maximum absolute atomic E-state index is 13.2. The molecule has 59 heavy (non-hydrogen) atoms. The summed E-state index contributed by atoms with van der Waals surface area (Å²) < 4.78 is 20.0. The molecule has 4 atom stereocenters. The molecular formula is C44H40N6O8S. The van der Waals surface area contributed by atoms with Crippen LogP contribution in [0.2, 0.25) is 0 Å². The fourth-order valence-electron chi connectivity index (χ4n) is 6.95. The number of hydrogen-bond donors (Lipinski definition) is 3. The number of phenols is 1. The Morgan fingerprint density at radius 1 is 0.831 bits per heavy atom. The molecule has 5 aromatic carbocycles. The minimum Gasteiger partial charge on any atom is -0.508 e. The van der Waals surface area contributed by atoms with E-state index in [1.54, 1.807) is 28.9 Å². The summed E-state index contributed by atoms with van der Waals surface area (Å²) in [4.78, 5) is 39.7. The Hall–Kier alpha value is -6.39. The molecule has 0 bridgehead atoms. The maximum Gasteiger partial charge on any atom is 0.408 e. The molecule has 14 nitrogen and oxygen atoms in total. The predicted molar refractivity (Wildman–Crippen MR) is 216 cm³/mol. The number of tetrazole rings is 1. The van der Waals surface area contributed by atoms with Gasteiger partial charge in [0.1, 0.15) is 18.4 Å². The highest BCUT2D eigenvalue weighted by Gasteiger charge is 2.40. The van der Waals surface area contributed by atoms with Gasteiger partial charge >= 0.3 is 6.09 Å². The van der Waals surface area contributed by atoms with Crippen molar-refractivity contribution in [2.45, 2.75) is 62.3 Å². The molecule has 1 aromatic heterocycles. The Balaban J connectivity index is 0.929. The summed E-state index contributed by atoms with van der Waals surface area (Å²) in [5.74, 6) is -0.175. The van der Waals surface area contributed by atoms with Crippen molar-refractivity contribution in [1.82, 2.24) is 30.4 Å². The van der Waals surface area contributed by atoms with Crippen molar-refractivity contribution in [1.29, 1.82) is 0 Å². The van der Waals surface area contributed by atoms with E-state index in [4.69, 9.17) is 14.2 Å². The van der Waals surface area contributed by atoms with Gasteiger partial charge in [0.2, 0.25) is 11.1 Å². The zero-order valence-corrected chi connectivity index (χ0v) is 32.5. The second-order valence-electron chi connectivity index (χ2n) is 14.2. The van der Waals surface area contributed by atoms with Crippen molar-refractivity contribution in [2.75, 3.05) is 5.75 Å². The zero-order valence-electron chi connectivity index (χ0n) is 31.7. The number of aromatic nitrogens is 4. The van der Waals surface area contributed by atoms with Crippen molar-refractivity contribution in [3.05, 3.63) is 155 Å². The summed E-state index contributed by atoms with van der Waals surface area (Å²) in [7, 11) is 0. The third kappa shape index (κ3) is 9.50. The largest absolute Gasteiger partial charge is 0.508 e. The van der Waals surface area contributed by atoms with Gasteiger partial charge < -0.3 is 29.7 Å². The van der Waals surface area contributed by atoms with Gasteiger partial charge in [0, 0.05) is 17.7 Å². The quantitative estimate of drug-likeness (QED) is 0.0863. The van der Waals surface area contributed by atoms with Crippen LogP contribution in [0, 0.1) is 0 Å². The number of thioether (sulfide) groups is 1. The number of carbonyl (C=O) groups is 3. The van der Waals surface area contributed by atoms with Gasteiger partial charge in [-0.15, -0.1) is 5.10 Å². The van der Waals surface area contributed by atoms with E-state index in [-0.39, 0.29) is 50.0 Å². The van der Waals surface area contributed by atoms with Crippen molar-refractivity contribution in [3.63, 3.8) is 0 Å². The minimum atomic E-state index is -0.994. The maximum atomic E-state index is 13.2. The number of phenolic OH excluding ortho intramolecular Hbond substituents is 1. The summed E-state index contributed by atoms with van der Waals surface area (Å²) >= 11 is 1.46. The SMILES string of the molecule is O=C(NC1CC(=O)N(Cc2cccc(-c3ccc(C4OC(CSc5nnnn5-c5ccc(O)cc5)CC(c5ccc(CO)cc5)O4)cc3)c2)C1=O)OCc1ccccc1. The second kappa shape index (κ2) is 18.0. The number of nitrogens with one attached hydrogen (secondary N) is 1. The molecule has 2 aliphatic rings. The average Bonchev–Trinajstić information content (AvgIpc) is 3.85. The number of rotatable bonds is 13. The van der Waals surface area contributed by atoms with E-state index in [1.807, 2.05) is 103 Å². The smallest absolute Gasteiger partial charge is 0.408 e. The van der Waals surface area contributed by atoms with Crippen LogP contribution in [0.25, 0.3) is 16.8 Å². The number of carbonyl (C=O) groups excluding carboxylic acids is 3. The van der Waals surface area contributed by atoms with E-state index in [1.165, 1.54) is 16.7 Å². The number of aliphatic hydroxyl groups excluding tert-OH is 1. The molecule has 0 aliphatic carbocycles. The summed E-state index contributed by atoms with van der Waals surface area (Å²) in [5.41, 5.74) is 6.67. The number of amides is 3. The van der Waals surface area contributed by atoms with Crippen LogP contribution >= 0.6 is 11.8 Å². The normalized spacial score (nSPS) is 19.2. The van der Waals surface area contributed by atoms with Gasteiger partial charge in [-0.25, -0.2) is 4.79 Å². The Bertz CT molecular complexity index is 2400. The predicted octanol–water partition coefficient (Wildman–Crippen LogP) is 6.42. The fraction of sp³-hybridized carbons (Fsp3) is 0.227. The highest BCUT2D eigenvalue weighted by molar-refractivity contribution is 7.99. The Morgan fingerprint density at radius 2 is 1.58 bits per heavy atom. The van der Waals surface area contributed by atoms with Gasteiger partial charge in [-0.05, 0) is 74.1 Å². The van der Waals surface area contributed by atoms with Gasteiger partial charge in [-0.1, -0.05) is 109 Å². The van der Waals surface area contributed by atoms with Crippen molar-refractivity contribution < 1.29 is 38.8 Å². The lowest BCUT2D eigenvalue weighted by Crippen LogP contribution is -2.41. The van der Waals surface area contributed by atoms with Gasteiger partial charge in [0.25, 0.3) is 5.91 Å². The van der Waals surface area contributed by atoms with E-state index < -0.39 is 24.3 Å². The first-order chi connectivity index (χ1) is 28.8. The molecule has 6 aromatic rings. The third-order valence-electron chi connectivity index (χ3n) is 10.1. The van der Waals surface area contributed by atoms with E-state index in [9.17, 15) is 24.6 Å². The van der Waals surface area contributed by atoms with Gasteiger partial charge in [-0.3, -0.25) is 14.5 Å². The van der Waals surface area contributed by atoms with E-state index in [0.29, 0.717) is 23.0 Å². The zero-order chi connectivity index (χ0) is 40.7. The Morgan fingerprint density at radius 3 is 2.34 bits per heavy atom. The molecule has 2 saturated heterocycles. The number of benzene rings is 5. The molecule has 15 heteroatoms. The Labute approximate surface area is 343 Å². The number of alkyl carbamates (subject to hydrolysis) is 1. The highest BCUT2D eigenvalue weighted by Crippen LogP contribution is 2.40. The Kier molecular flexibility index (Phi) is 12.1. The molecule has 3 heterocycles. The number of likely N-dealkylation sites (tertiary alicyclic amines) is 1. The van der Waals surface area contributed by atoms with Crippen LogP contribution in [-0.2, 0) is 43.6 Å². The fourth-order valence-corrected chi connectivity index (χ4v) is 7.86. The van der Waals surface area contributed by atoms with Gasteiger partial charge in [-0.2, -0.15) is 4.68 Å². The lowest BCUT2D eigenvalue weighted by molar-refractivity contribution is -0.245. The lowest BCUT2D eigenvalue weighted by Gasteiger charge is -2.36. The molecule has 2 fully saturated rings. The molecule has 0 spiro atoms. The first-order valence-electron chi connectivity index (χ1n) is 19.0. The number of imide groups is 1. The van der Waals surface area contributed by atoms with Crippen LogP contribution in [0.5, 0.6) is 5.75 Å². The summed E-state index contributed by atoms with van der Waals surface area (Å²) in [6, 6.07) is 38.0. The van der Waals surface area contributed by atoms with Crippen LogP contribution in [0.4, 0.5) is 4.79 Å². The molecule has 8 rings (SSSR count). The van der Waals surface area contributed by atoms with Crippen molar-refractivity contribution >= 4 is 29.7 Å². The number of ether oxygens (including phenoxy) is 3. The molecule has 3 amide bonds. The summed E-state index contributed by atoms with van der Waals surface area (Å²) in [6.45, 7) is 0.0577. The third-order valence-corrected chi connectivity index (χ3v) is 11.1. The van der Waals surface area contributed by atoms with Crippen LogP contribution in [0.3, 0.4) is 0 Å². The topological polar surface area (TPSA) is 178 Å². The molecule has 3 N–H and O–H groups in total. The van der Waals surface area contributed by atoms with E-state index >= 15 is 0 Å². The van der Waals surface area contributed by atoms with Crippen LogP contribution in [0.15, 0.2) is 133 Å². The molecule has 2 aliphatic heterocycles. The monoisotopic (exact) mass is 812 g/mol. The van der Waals surface area contributed by atoms with Crippen LogP contribution in [-0.4, -0.2) is 71.1 Å². The van der Waals surface area contributed by atoms with Crippen LogP contribution < -0.4 is 5.32 Å². The standard InChI is InChI=1S/C44H40N6O8S/c51-25-28-9-11-32(12-10-28)39-22-37(27-59-43-46-47-48-50(43)35-17-19-36(52)20-18-35)57-42(58-39)33-15-13-31(14-16-33)34-8-4-7-30(21-34)24-49-40(53)23-38(41(49)54)45-44(55)56-26-29-5-2-1-3-6-29/h1-21,37-39,42,51-52H,22-27H2,(H,45,55). The lowest BCUT2D eigenvalue weighted by atomic mass is 9.99. The first-order valence-corrected chi connectivity index (χ1v) is 20.0. The average molecular weight is 813 g/mol. The van der Waals surface area contributed by atoms with E-state index in [2.05, 4.69) is 20.8 Å². The molecular weight excluding hydrogens is 773 g/mol. The minimum absolute atomic E-state index is 0.0496. The van der Waals surface area contributed by atoms with Gasteiger partial charge in [0.15, 0.2) is 6.29 Å². The first kappa shape index (κ1) is 39.4. The number of aliphatic hydroxyl groups is 1. The summed E-state index contributed by atoms with van der Waals surface area (Å²) in [6.07, 6.45) is -1.54. The molecule has 0 saturated carbocycles. The second-order valence-corrected chi connectivity index (χ2v) is 15.1. The number of aromatic hydroxyl groups is 1. The summed E-state index contributed by atoms with van der Waals surface area (Å²) in [5, 5.41) is 34.7. The number of nitrogens with zero attached hydrogens (tertiary/aromatic N) is 5. The highest BCUT2D eigenvalue weighted by atomic mass is 32.2. The van der Waals surface area contributed by atoms with Crippen molar-refractivity contribution in [2.24, 2.45) is 0 Å². The number of hydrogen-bond acceptors (Lipinski definition) is 12. The van der Waals surface area contributed by atoms with E-state index in [0.717, 1.165) is 38.9 Å². The van der Waals surface area contributed by atoms with Gasteiger partial charge in [0.05, 0.1) is 37.5 Å². The molecule has 4 unspecified atom stereocenters. The van der Waals surface area contributed by atoms with Crippen LogP contribution in [0.1, 0.15) is 53.1 Å². The molecule has 300 valence electrons.